The van der Waals surface area contributed by atoms with Crippen molar-refractivity contribution < 1.29 is 0 Å². The van der Waals surface area contributed by atoms with Crippen molar-refractivity contribution in [3.63, 3.8) is 0 Å². The number of benzene rings is 1. The average Bonchev–Trinajstić information content (AvgIpc) is 2.28. The van der Waals surface area contributed by atoms with Gasteiger partial charge in [0.25, 0.3) is 0 Å². The van der Waals surface area contributed by atoms with Gasteiger partial charge in [0.2, 0.25) is 0 Å². The van der Waals surface area contributed by atoms with Gasteiger partial charge in [0, 0.05) is 5.69 Å². The van der Waals surface area contributed by atoms with E-state index in [1.54, 1.807) is 0 Å². The Morgan fingerprint density at radius 1 is 0.867 bits per heavy atom. The Kier molecular flexibility index (Phi) is 3.10. The maximum atomic E-state index is 5.04. The minimum absolute atomic E-state index is 0.755. The Morgan fingerprint density at radius 3 is 2.40 bits per heavy atom. The van der Waals surface area contributed by atoms with Crippen LogP contribution in [0, 0.1) is 4.64 Å². The number of rotatable bonds is 2. The lowest BCUT2D eigenvalue weighted by atomic mass is 10.2. The Morgan fingerprint density at radius 2 is 1.67 bits per heavy atom. The van der Waals surface area contributed by atoms with Gasteiger partial charge in [-0.3, -0.25) is 0 Å². The first-order valence-corrected chi connectivity index (χ1v) is 5.18. The van der Waals surface area contributed by atoms with Gasteiger partial charge in [-0.25, -0.2) is 0 Å². The molecule has 0 aliphatic rings. The predicted octanol–water partition coefficient (Wildman–Crippen LogP) is 3.91. The molecule has 1 aromatic heterocycles. The standard InChI is InChI=1S/C13H11NS/c15-13-8-4-7-12(14-13)10-9-11-5-2-1-3-6-11/h1-10H,(H,14,15). The fourth-order valence-corrected chi connectivity index (χ4v) is 1.51. The molecule has 0 bridgehead atoms. The average molecular weight is 213 g/mol. The molecule has 0 saturated heterocycles. The number of hydrogen-bond donors (Lipinski definition) is 1. The van der Waals surface area contributed by atoms with Crippen LogP contribution >= 0.6 is 12.2 Å². The fourth-order valence-electron chi connectivity index (χ4n) is 1.31. The molecular formula is C13H11NS. The van der Waals surface area contributed by atoms with Crippen LogP contribution in [0.15, 0.2) is 48.5 Å². The van der Waals surface area contributed by atoms with E-state index in [2.05, 4.69) is 23.2 Å². The number of pyridine rings is 1. The largest absolute Gasteiger partial charge is 0.347 e. The summed E-state index contributed by atoms with van der Waals surface area (Å²) in [6.45, 7) is 0. The Hall–Kier alpha value is -1.67. The molecule has 2 aromatic rings. The van der Waals surface area contributed by atoms with Gasteiger partial charge in [-0.05, 0) is 23.8 Å². The molecule has 0 spiro atoms. The van der Waals surface area contributed by atoms with Crippen LogP contribution in [0.4, 0.5) is 0 Å². The molecule has 0 fully saturated rings. The Balaban J connectivity index is 2.23. The molecule has 0 aliphatic carbocycles. The quantitative estimate of drug-likeness (QED) is 0.748. The van der Waals surface area contributed by atoms with Crippen LogP contribution in [-0.2, 0) is 0 Å². The summed E-state index contributed by atoms with van der Waals surface area (Å²) in [5, 5.41) is 0. The monoisotopic (exact) mass is 213 g/mol. The normalized spacial score (nSPS) is 10.7. The van der Waals surface area contributed by atoms with E-state index < -0.39 is 0 Å². The molecule has 0 atom stereocenters. The van der Waals surface area contributed by atoms with Crippen LogP contribution in [0.3, 0.4) is 0 Å². The number of nitrogens with one attached hydrogen (secondary N) is 1. The highest BCUT2D eigenvalue weighted by atomic mass is 32.1. The predicted molar refractivity (Wildman–Crippen MR) is 67.0 cm³/mol. The van der Waals surface area contributed by atoms with E-state index in [4.69, 9.17) is 12.2 Å². The van der Waals surface area contributed by atoms with Crippen molar-refractivity contribution in [3.05, 3.63) is 64.4 Å². The molecule has 0 amide bonds. The first kappa shape index (κ1) is 9.87. The molecule has 2 rings (SSSR count). The fraction of sp³-hybridized carbons (Fsp3) is 0. The van der Waals surface area contributed by atoms with Crippen molar-refractivity contribution >= 4 is 24.4 Å². The van der Waals surface area contributed by atoms with Gasteiger partial charge in [0.05, 0.1) is 0 Å². The summed E-state index contributed by atoms with van der Waals surface area (Å²) < 4.78 is 0.755. The molecule has 0 saturated carbocycles. The van der Waals surface area contributed by atoms with Crippen LogP contribution in [0.1, 0.15) is 11.3 Å². The van der Waals surface area contributed by atoms with Crippen LogP contribution in [-0.4, -0.2) is 4.98 Å². The minimum atomic E-state index is 0.755. The number of aromatic nitrogens is 1. The molecule has 15 heavy (non-hydrogen) atoms. The van der Waals surface area contributed by atoms with Crippen molar-refractivity contribution in [1.29, 1.82) is 0 Å². The number of aromatic amines is 1. The molecule has 74 valence electrons. The van der Waals surface area contributed by atoms with Crippen LogP contribution in [0.5, 0.6) is 0 Å². The van der Waals surface area contributed by atoms with Crippen molar-refractivity contribution in [2.75, 3.05) is 0 Å². The third kappa shape index (κ3) is 2.89. The van der Waals surface area contributed by atoms with Gasteiger partial charge < -0.3 is 4.98 Å². The molecule has 1 heterocycles. The van der Waals surface area contributed by atoms with E-state index in [0.29, 0.717) is 0 Å². The summed E-state index contributed by atoms with van der Waals surface area (Å²) in [5.74, 6) is 0. The number of hydrogen-bond acceptors (Lipinski definition) is 1. The van der Waals surface area contributed by atoms with E-state index in [0.717, 1.165) is 10.3 Å². The zero-order valence-corrected chi connectivity index (χ0v) is 9.00. The molecule has 1 nitrogen and oxygen atoms in total. The van der Waals surface area contributed by atoms with Gasteiger partial charge in [0.1, 0.15) is 4.64 Å². The molecule has 1 N–H and O–H groups in total. The minimum Gasteiger partial charge on any atom is -0.347 e. The second kappa shape index (κ2) is 4.71. The van der Waals surface area contributed by atoms with Crippen molar-refractivity contribution in [2.45, 2.75) is 0 Å². The Labute approximate surface area is 94.1 Å². The summed E-state index contributed by atoms with van der Waals surface area (Å²) in [4.78, 5) is 3.11. The summed E-state index contributed by atoms with van der Waals surface area (Å²) in [7, 11) is 0. The highest BCUT2D eigenvalue weighted by Crippen LogP contribution is 2.05. The molecule has 0 aliphatic heterocycles. The zero-order valence-electron chi connectivity index (χ0n) is 8.18. The number of H-pyrrole nitrogens is 1. The first-order valence-electron chi connectivity index (χ1n) is 4.77. The van der Waals surface area contributed by atoms with E-state index in [1.165, 1.54) is 5.56 Å². The van der Waals surface area contributed by atoms with Crippen LogP contribution in [0.2, 0.25) is 0 Å². The molecule has 0 radical (unpaired) electrons. The van der Waals surface area contributed by atoms with Gasteiger partial charge >= 0.3 is 0 Å². The van der Waals surface area contributed by atoms with Gasteiger partial charge in [0.15, 0.2) is 0 Å². The molecule has 0 unspecified atom stereocenters. The SMILES string of the molecule is S=c1cccc(C=Cc2ccccc2)[nH]1. The lowest BCUT2D eigenvalue weighted by molar-refractivity contribution is 1.27. The highest BCUT2D eigenvalue weighted by Gasteiger charge is 1.86. The topological polar surface area (TPSA) is 15.8 Å². The van der Waals surface area contributed by atoms with Crippen LogP contribution < -0.4 is 0 Å². The van der Waals surface area contributed by atoms with Crippen molar-refractivity contribution in [2.24, 2.45) is 0 Å². The lowest BCUT2D eigenvalue weighted by Crippen LogP contribution is -1.79. The maximum Gasteiger partial charge on any atom is 0.103 e. The van der Waals surface area contributed by atoms with E-state index in [-0.39, 0.29) is 0 Å². The van der Waals surface area contributed by atoms with E-state index in [1.807, 2.05) is 42.5 Å². The lowest BCUT2D eigenvalue weighted by Gasteiger charge is -1.94. The smallest absolute Gasteiger partial charge is 0.103 e. The Bertz CT molecular complexity index is 511. The van der Waals surface area contributed by atoms with E-state index >= 15 is 0 Å². The third-order valence-electron chi connectivity index (χ3n) is 2.05. The summed E-state index contributed by atoms with van der Waals surface area (Å²) in [6, 6.07) is 16.0. The summed E-state index contributed by atoms with van der Waals surface area (Å²) in [6.07, 6.45) is 4.08. The maximum absolute atomic E-state index is 5.04. The van der Waals surface area contributed by atoms with Gasteiger partial charge in [-0.1, -0.05) is 54.7 Å². The molecule has 1 aromatic carbocycles. The van der Waals surface area contributed by atoms with Gasteiger partial charge in [-0.2, -0.15) is 0 Å². The molecule has 2 heteroatoms. The third-order valence-corrected chi connectivity index (χ3v) is 2.28. The zero-order chi connectivity index (χ0) is 10.5. The van der Waals surface area contributed by atoms with Crippen molar-refractivity contribution in [1.82, 2.24) is 4.98 Å². The second-order valence-electron chi connectivity index (χ2n) is 3.21. The summed E-state index contributed by atoms with van der Waals surface area (Å²) in [5.41, 5.74) is 2.20. The van der Waals surface area contributed by atoms with Crippen molar-refractivity contribution in [3.8, 4) is 0 Å². The highest BCUT2D eigenvalue weighted by molar-refractivity contribution is 7.71. The van der Waals surface area contributed by atoms with Crippen LogP contribution in [0.25, 0.3) is 12.2 Å². The second-order valence-corrected chi connectivity index (χ2v) is 3.65. The molecular weight excluding hydrogens is 202 g/mol. The first-order chi connectivity index (χ1) is 7.34. The summed E-state index contributed by atoms with van der Waals surface area (Å²) >= 11 is 5.04. The van der Waals surface area contributed by atoms with E-state index in [9.17, 15) is 0 Å². The van der Waals surface area contributed by atoms with Gasteiger partial charge in [-0.15, -0.1) is 0 Å².